The molecule has 0 amide bonds. The number of aromatic nitrogens is 4. The van der Waals surface area contributed by atoms with E-state index < -0.39 is 0 Å². The molecule has 23 heavy (non-hydrogen) atoms. The molecule has 0 saturated carbocycles. The first-order valence-electron chi connectivity index (χ1n) is 8.03. The lowest BCUT2D eigenvalue weighted by atomic mass is 10.0. The van der Waals surface area contributed by atoms with Crippen molar-refractivity contribution in [2.45, 2.75) is 31.5 Å². The van der Waals surface area contributed by atoms with Crippen molar-refractivity contribution in [1.29, 1.82) is 0 Å². The Morgan fingerprint density at radius 1 is 1.39 bits per heavy atom. The van der Waals surface area contributed by atoms with Gasteiger partial charge in [-0.2, -0.15) is 5.10 Å². The van der Waals surface area contributed by atoms with Crippen LogP contribution in [0.2, 0.25) is 0 Å². The van der Waals surface area contributed by atoms with Gasteiger partial charge in [-0.15, -0.1) is 0 Å². The lowest BCUT2D eigenvalue weighted by Crippen LogP contribution is -2.36. The van der Waals surface area contributed by atoms with Gasteiger partial charge in [0, 0.05) is 31.6 Å². The minimum Gasteiger partial charge on any atom is -0.372 e. The van der Waals surface area contributed by atoms with Crippen molar-refractivity contribution >= 4 is 10.9 Å². The summed E-state index contributed by atoms with van der Waals surface area (Å²) in [5.41, 5.74) is 3.52. The van der Waals surface area contributed by atoms with E-state index in [-0.39, 0.29) is 6.10 Å². The first kappa shape index (κ1) is 14.4. The number of hydrogen-bond donors (Lipinski definition) is 2. The monoisotopic (exact) mass is 311 g/mol. The molecule has 1 fully saturated rings. The van der Waals surface area contributed by atoms with Crippen LogP contribution < -0.4 is 5.32 Å². The Morgan fingerprint density at radius 3 is 3.22 bits per heavy atom. The third-order valence-corrected chi connectivity index (χ3v) is 4.61. The summed E-state index contributed by atoms with van der Waals surface area (Å²) in [4.78, 5) is 4.20. The minimum absolute atomic E-state index is 0.122. The summed E-state index contributed by atoms with van der Waals surface area (Å²) in [5.74, 6) is 0. The molecule has 2 atom stereocenters. The summed E-state index contributed by atoms with van der Waals surface area (Å²) in [6.07, 6.45) is 7.72. The van der Waals surface area contributed by atoms with Crippen LogP contribution in [0.25, 0.3) is 10.9 Å². The normalized spacial score (nSPS) is 21.8. The molecule has 0 spiro atoms. The van der Waals surface area contributed by atoms with Gasteiger partial charge in [-0.25, -0.2) is 4.98 Å². The average molecular weight is 311 g/mol. The lowest BCUT2D eigenvalue weighted by molar-refractivity contribution is -0.00402. The van der Waals surface area contributed by atoms with Gasteiger partial charge in [0.05, 0.1) is 29.9 Å². The molecule has 1 aromatic carbocycles. The second-order valence-electron chi connectivity index (χ2n) is 6.14. The predicted octanol–water partition coefficient (Wildman–Crippen LogP) is 2.31. The van der Waals surface area contributed by atoms with Crippen LogP contribution in [0.5, 0.6) is 0 Å². The van der Waals surface area contributed by atoms with Crippen LogP contribution in [0, 0.1) is 0 Å². The molecular formula is C17H21N5O. The number of fused-ring (bicyclic) bond motifs is 1. The van der Waals surface area contributed by atoms with Crippen molar-refractivity contribution in [2.24, 2.45) is 7.05 Å². The number of para-hydroxylation sites is 1. The molecule has 2 N–H and O–H groups in total. The van der Waals surface area contributed by atoms with Gasteiger partial charge in [0.15, 0.2) is 0 Å². The zero-order chi connectivity index (χ0) is 15.6. The van der Waals surface area contributed by atoms with Gasteiger partial charge in [0.2, 0.25) is 0 Å². The van der Waals surface area contributed by atoms with Gasteiger partial charge in [-0.1, -0.05) is 18.2 Å². The van der Waals surface area contributed by atoms with E-state index in [0.717, 1.165) is 42.6 Å². The zero-order valence-corrected chi connectivity index (χ0v) is 13.2. The highest BCUT2D eigenvalue weighted by Crippen LogP contribution is 2.28. The van der Waals surface area contributed by atoms with Crippen molar-refractivity contribution in [3.63, 3.8) is 0 Å². The highest BCUT2D eigenvalue weighted by molar-refractivity contribution is 5.81. The number of H-pyrrole nitrogens is 1. The maximum Gasteiger partial charge on any atom is 0.100 e. The zero-order valence-electron chi connectivity index (χ0n) is 13.2. The van der Waals surface area contributed by atoms with Gasteiger partial charge < -0.3 is 14.6 Å². The molecule has 120 valence electrons. The topological polar surface area (TPSA) is 67.8 Å². The van der Waals surface area contributed by atoms with Crippen LogP contribution in [-0.2, 0) is 18.3 Å². The first-order chi connectivity index (χ1) is 11.3. The third-order valence-electron chi connectivity index (χ3n) is 4.61. The number of rotatable bonds is 4. The molecule has 0 unspecified atom stereocenters. The van der Waals surface area contributed by atoms with Crippen LogP contribution in [0.3, 0.4) is 0 Å². The van der Waals surface area contributed by atoms with Gasteiger partial charge in [-0.05, 0) is 18.4 Å². The van der Waals surface area contributed by atoms with E-state index in [1.165, 1.54) is 5.56 Å². The summed E-state index contributed by atoms with van der Waals surface area (Å²) in [5, 5.41) is 12.0. The molecule has 3 aromatic rings. The fourth-order valence-corrected chi connectivity index (χ4v) is 3.30. The molecular weight excluding hydrogens is 290 g/mol. The van der Waals surface area contributed by atoms with Crippen molar-refractivity contribution in [3.8, 4) is 0 Å². The Kier molecular flexibility index (Phi) is 3.85. The van der Waals surface area contributed by atoms with E-state index in [1.807, 2.05) is 30.3 Å². The van der Waals surface area contributed by atoms with Gasteiger partial charge in [0.25, 0.3) is 0 Å². The highest BCUT2D eigenvalue weighted by Gasteiger charge is 2.25. The molecule has 3 heterocycles. The highest BCUT2D eigenvalue weighted by atomic mass is 16.5. The maximum atomic E-state index is 5.93. The van der Waals surface area contributed by atoms with E-state index in [9.17, 15) is 0 Å². The molecule has 4 rings (SSSR count). The SMILES string of the molecule is Cn1cncc1[C@@H]1C[C@H](NCc2cccc3cn[nH]c23)CCO1. The van der Waals surface area contributed by atoms with Crippen molar-refractivity contribution < 1.29 is 4.74 Å². The molecule has 2 aromatic heterocycles. The smallest absolute Gasteiger partial charge is 0.100 e. The summed E-state index contributed by atoms with van der Waals surface area (Å²) in [6.45, 7) is 1.62. The Hall–Kier alpha value is -2.18. The Morgan fingerprint density at radius 2 is 2.35 bits per heavy atom. The van der Waals surface area contributed by atoms with Crippen LogP contribution in [0.1, 0.15) is 30.2 Å². The van der Waals surface area contributed by atoms with E-state index in [1.54, 1.807) is 0 Å². The third kappa shape index (κ3) is 2.87. The Labute approximate surface area is 134 Å². The molecule has 0 bridgehead atoms. The molecule has 0 aliphatic carbocycles. The van der Waals surface area contributed by atoms with E-state index in [0.29, 0.717) is 6.04 Å². The number of nitrogens with zero attached hydrogens (tertiary/aromatic N) is 3. The number of imidazole rings is 1. The summed E-state index contributed by atoms with van der Waals surface area (Å²) in [7, 11) is 2.02. The molecule has 6 heteroatoms. The van der Waals surface area contributed by atoms with Crippen LogP contribution in [0.4, 0.5) is 0 Å². The second-order valence-corrected chi connectivity index (χ2v) is 6.14. The average Bonchev–Trinajstić information content (AvgIpc) is 3.22. The fourth-order valence-electron chi connectivity index (χ4n) is 3.30. The molecule has 1 aliphatic rings. The summed E-state index contributed by atoms with van der Waals surface area (Å²) in [6, 6.07) is 6.75. The predicted molar refractivity (Wildman–Crippen MR) is 87.9 cm³/mol. The fraction of sp³-hybridized carbons (Fsp3) is 0.412. The molecule has 0 radical (unpaired) electrons. The number of aryl methyl sites for hydroxylation is 1. The molecule has 1 aliphatic heterocycles. The number of hydrogen-bond acceptors (Lipinski definition) is 4. The van der Waals surface area contributed by atoms with E-state index in [4.69, 9.17) is 4.74 Å². The molecule has 1 saturated heterocycles. The standard InChI is InChI=1S/C17H21N5O/c1-22-11-18-10-15(22)16-7-14(5-6-23-16)19-8-12-3-2-4-13-9-20-21-17(12)13/h2-4,9-11,14,16,19H,5-8H2,1H3,(H,20,21)/t14-,16+/m1/s1. The summed E-state index contributed by atoms with van der Waals surface area (Å²) < 4.78 is 7.97. The van der Waals surface area contributed by atoms with E-state index in [2.05, 4.69) is 38.7 Å². The maximum absolute atomic E-state index is 5.93. The lowest BCUT2D eigenvalue weighted by Gasteiger charge is -2.30. The second kappa shape index (κ2) is 6.14. The van der Waals surface area contributed by atoms with Crippen LogP contribution in [-0.4, -0.2) is 32.4 Å². The Bertz CT molecular complexity index is 793. The number of benzene rings is 1. The quantitative estimate of drug-likeness (QED) is 0.776. The van der Waals surface area contributed by atoms with Crippen molar-refractivity contribution in [1.82, 2.24) is 25.1 Å². The first-order valence-corrected chi connectivity index (χ1v) is 8.03. The van der Waals surface area contributed by atoms with Gasteiger partial charge in [-0.3, -0.25) is 5.10 Å². The van der Waals surface area contributed by atoms with Crippen molar-refractivity contribution in [2.75, 3.05) is 6.61 Å². The van der Waals surface area contributed by atoms with E-state index >= 15 is 0 Å². The van der Waals surface area contributed by atoms with Gasteiger partial charge in [0.1, 0.15) is 6.10 Å². The number of aromatic amines is 1. The van der Waals surface area contributed by atoms with Crippen LogP contribution in [0.15, 0.2) is 36.9 Å². The molecule has 6 nitrogen and oxygen atoms in total. The van der Waals surface area contributed by atoms with Crippen molar-refractivity contribution in [3.05, 3.63) is 48.2 Å². The van der Waals surface area contributed by atoms with Gasteiger partial charge >= 0.3 is 0 Å². The van der Waals surface area contributed by atoms with Crippen LogP contribution >= 0.6 is 0 Å². The summed E-state index contributed by atoms with van der Waals surface area (Å²) >= 11 is 0. The Balaban J connectivity index is 1.43. The largest absolute Gasteiger partial charge is 0.372 e. The minimum atomic E-state index is 0.122. The number of ether oxygens (including phenoxy) is 1. The number of nitrogens with one attached hydrogen (secondary N) is 2.